The Morgan fingerprint density at radius 3 is 2.75 bits per heavy atom. The number of hydrogen-bond donors (Lipinski definition) is 0. The van der Waals surface area contributed by atoms with E-state index in [0.29, 0.717) is 0 Å². The third-order valence-electron chi connectivity index (χ3n) is 1.64. The fraction of sp³-hybridized carbons (Fsp3) is 0.857. The molecule has 0 spiro atoms. The highest BCUT2D eigenvalue weighted by molar-refractivity contribution is 14.1. The fourth-order valence-electron chi connectivity index (χ4n) is 0.999. The van der Waals surface area contributed by atoms with Gasteiger partial charge in [-0.1, -0.05) is 26.2 Å². The average Bonchev–Trinajstić information content (AvgIpc) is 2.45. The lowest BCUT2D eigenvalue weighted by molar-refractivity contribution is 0.479. The molecule has 0 bridgehead atoms. The Bertz CT molecular complexity index is 223. The molecule has 0 radical (unpaired) electrons. The van der Waals surface area contributed by atoms with E-state index in [1.165, 1.54) is 19.3 Å². The van der Waals surface area contributed by atoms with Crippen molar-refractivity contribution in [1.29, 1.82) is 0 Å². The molecular formula is C7H13IN4. The summed E-state index contributed by atoms with van der Waals surface area (Å²) in [5, 5.41) is 11.8. The summed E-state index contributed by atoms with van der Waals surface area (Å²) in [7, 11) is 0. The fourth-order valence-corrected chi connectivity index (χ4v) is 1.34. The Hall–Kier alpha value is -0.200. The highest BCUT2D eigenvalue weighted by atomic mass is 127. The minimum absolute atomic E-state index is 0.725. The van der Waals surface area contributed by atoms with Crippen LogP contribution in [-0.4, -0.2) is 20.2 Å². The number of aryl methyl sites for hydroxylation is 1. The molecule has 12 heavy (non-hydrogen) atoms. The smallest absolute Gasteiger partial charge is 0.163 e. The molecule has 0 fully saturated rings. The first-order valence-electron chi connectivity index (χ1n) is 4.26. The summed E-state index contributed by atoms with van der Waals surface area (Å²) < 4.78 is 0.725. The van der Waals surface area contributed by atoms with Crippen molar-refractivity contribution < 1.29 is 0 Å². The molecule has 0 aliphatic carbocycles. The Kier molecular flexibility index (Phi) is 4.49. The van der Waals surface area contributed by atoms with Crippen molar-refractivity contribution in [2.45, 2.75) is 39.2 Å². The van der Waals surface area contributed by atoms with E-state index in [1.54, 1.807) is 4.80 Å². The van der Waals surface area contributed by atoms with Crippen LogP contribution in [0.2, 0.25) is 0 Å². The highest BCUT2D eigenvalue weighted by Crippen LogP contribution is 2.00. The molecule has 0 atom stereocenters. The van der Waals surface area contributed by atoms with Crippen LogP contribution in [0.3, 0.4) is 0 Å². The highest BCUT2D eigenvalue weighted by Gasteiger charge is 1.96. The van der Waals surface area contributed by atoms with Gasteiger partial charge in [-0.15, -0.1) is 10.2 Å². The van der Waals surface area contributed by atoms with E-state index in [-0.39, 0.29) is 0 Å². The third-order valence-corrected chi connectivity index (χ3v) is 2.07. The minimum Gasteiger partial charge on any atom is -0.163 e. The second-order valence-electron chi connectivity index (χ2n) is 2.72. The maximum Gasteiger partial charge on any atom is 0.234 e. The van der Waals surface area contributed by atoms with Gasteiger partial charge in [0.05, 0.1) is 6.54 Å². The van der Waals surface area contributed by atoms with Gasteiger partial charge in [0.15, 0.2) is 0 Å². The average molecular weight is 280 g/mol. The third kappa shape index (κ3) is 3.46. The molecule has 1 heterocycles. The number of tetrazole rings is 1. The van der Waals surface area contributed by atoms with Crippen LogP contribution in [-0.2, 0) is 6.54 Å². The van der Waals surface area contributed by atoms with Crippen molar-refractivity contribution in [3.05, 3.63) is 3.83 Å². The Morgan fingerprint density at radius 2 is 2.17 bits per heavy atom. The van der Waals surface area contributed by atoms with Crippen molar-refractivity contribution in [3.63, 3.8) is 0 Å². The van der Waals surface area contributed by atoms with Crippen molar-refractivity contribution in [2.24, 2.45) is 0 Å². The predicted octanol–water partition coefficient (Wildman–Crippen LogP) is 1.86. The Balaban J connectivity index is 2.15. The number of nitrogens with zero attached hydrogens (tertiary/aromatic N) is 4. The molecule has 0 N–H and O–H groups in total. The van der Waals surface area contributed by atoms with Gasteiger partial charge in [0.25, 0.3) is 0 Å². The number of aromatic nitrogens is 4. The van der Waals surface area contributed by atoms with Gasteiger partial charge in [0.1, 0.15) is 0 Å². The van der Waals surface area contributed by atoms with E-state index in [0.717, 1.165) is 16.8 Å². The van der Waals surface area contributed by atoms with E-state index < -0.39 is 0 Å². The van der Waals surface area contributed by atoms with E-state index in [2.05, 4.69) is 44.9 Å². The standard InChI is InChI=1S/C7H13IN4/c1-2-3-4-5-6-12-10-7(8)9-11-12/h2-6H2,1H3. The first kappa shape index (κ1) is 9.88. The van der Waals surface area contributed by atoms with E-state index >= 15 is 0 Å². The largest absolute Gasteiger partial charge is 0.234 e. The molecule has 0 amide bonds. The Morgan fingerprint density at radius 1 is 1.33 bits per heavy atom. The first-order chi connectivity index (χ1) is 5.83. The summed E-state index contributed by atoms with van der Waals surface area (Å²) in [6, 6.07) is 0. The molecule has 0 aliphatic heterocycles. The second kappa shape index (κ2) is 5.45. The Labute approximate surface area is 85.9 Å². The van der Waals surface area contributed by atoms with Gasteiger partial charge in [-0.2, -0.15) is 4.80 Å². The second-order valence-corrected chi connectivity index (χ2v) is 3.68. The molecule has 0 aliphatic rings. The molecule has 1 rings (SSSR count). The lowest BCUT2D eigenvalue weighted by Crippen LogP contribution is -2.02. The molecule has 0 aromatic carbocycles. The van der Waals surface area contributed by atoms with Crippen LogP contribution in [0.4, 0.5) is 0 Å². The summed E-state index contributed by atoms with van der Waals surface area (Å²) in [5.74, 6) is 0. The number of hydrogen-bond acceptors (Lipinski definition) is 3. The van der Waals surface area contributed by atoms with Gasteiger partial charge < -0.3 is 0 Å². The topological polar surface area (TPSA) is 43.6 Å². The van der Waals surface area contributed by atoms with Gasteiger partial charge in [-0.3, -0.25) is 0 Å². The molecule has 1 aromatic heterocycles. The van der Waals surface area contributed by atoms with Crippen molar-refractivity contribution in [3.8, 4) is 0 Å². The molecule has 0 unspecified atom stereocenters. The molecule has 0 saturated carbocycles. The summed E-state index contributed by atoms with van der Waals surface area (Å²) >= 11 is 2.06. The van der Waals surface area contributed by atoms with E-state index in [1.807, 2.05) is 0 Å². The molecule has 5 heteroatoms. The van der Waals surface area contributed by atoms with Gasteiger partial charge in [-0.25, -0.2) is 0 Å². The van der Waals surface area contributed by atoms with E-state index in [4.69, 9.17) is 0 Å². The number of rotatable bonds is 5. The van der Waals surface area contributed by atoms with Gasteiger partial charge >= 0.3 is 0 Å². The van der Waals surface area contributed by atoms with Crippen LogP contribution >= 0.6 is 22.6 Å². The summed E-state index contributed by atoms with van der Waals surface area (Å²) in [6.07, 6.45) is 4.98. The predicted molar refractivity (Wildman–Crippen MR) is 54.7 cm³/mol. The van der Waals surface area contributed by atoms with Crippen LogP contribution in [0, 0.1) is 3.83 Å². The maximum atomic E-state index is 4.09. The zero-order chi connectivity index (χ0) is 8.81. The van der Waals surface area contributed by atoms with Crippen molar-refractivity contribution >= 4 is 22.6 Å². The van der Waals surface area contributed by atoms with Crippen molar-refractivity contribution in [1.82, 2.24) is 20.2 Å². The number of unbranched alkanes of at least 4 members (excludes halogenated alkanes) is 3. The lowest BCUT2D eigenvalue weighted by Gasteiger charge is -1.96. The molecule has 0 saturated heterocycles. The summed E-state index contributed by atoms with van der Waals surface area (Å²) in [5.41, 5.74) is 0. The SMILES string of the molecule is CCCCCCn1nnc(I)n1. The monoisotopic (exact) mass is 280 g/mol. The van der Waals surface area contributed by atoms with Crippen LogP contribution in [0.15, 0.2) is 0 Å². The first-order valence-corrected chi connectivity index (χ1v) is 5.34. The van der Waals surface area contributed by atoms with Crippen LogP contribution in [0.25, 0.3) is 0 Å². The van der Waals surface area contributed by atoms with Crippen LogP contribution < -0.4 is 0 Å². The van der Waals surface area contributed by atoms with Gasteiger partial charge in [0.2, 0.25) is 3.83 Å². The molecular weight excluding hydrogens is 267 g/mol. The normalized spacial score (nSPS) is 10.5. The lowest BCUT2D eigenvalue weighted by atomic mass is 10.2. The summed E-state index contributed by atoms with van der Waals surface area (Å²) in [6.45, 7) is 3.10. The molecule has 4 nitrogen and oxygen atoms in total. The zero-order valence-electron chi connectivity index (χ0n) is 7.20. The van der Waals surface area contributed by atoms with Crippen LogP contribution in [0.5, 0.6) is 0 Å². The maximum absolute atomic E-state index is 4.09. The molecule has 1 aromatic rings. The minimum atomic E-state index is 0.725. The number of halogens is 1. The quantitative estimate of drug-likeness (QED) is 0.610. The van der Waals surface area contributed by atoms with Gasteiger partial charge in [0, 0.05) is 22.6 Å². The van der Waals surface area contributed by atoms with E-state index in [9.17, 15) is 0 Å². The molecule has 68 valence electrons. The van der Waals surface area contributed by atoms with Gasteiger partial charge in [-0.05, 0) is 11.6 Å². The zero-order valence-corrected chi connectivity index (χ0v) is 9.36. The summed E-state index contributed by atoms with van der Waals surface area (Å²) in [4.78, 5) is 1.66. The van der Waals surface area contributed by atoms with Crippen LogP contribution in [0.1, 0.15) is 32.6 Å². The van der Waals surface area contributed by atoms with Crippen molar-refractivity contribution in [2.75, 3.05) is 0 Å².